The Morgan fingerprint density at radius 3 is 2.56 bits per heavy atom. The van der Waals surface area contributed by atoms with Gasteiger partial charge >= 0.3 is 5.97 Å². The molecule has 1 aliphatic rings. The number of ether oxygens (including phenoxy) is 1. The van der Waals surface area contributed by atoms with Gasteiger partial charge in [0.2, 0.25) is 0 Å². The molecule has 2 unspecified atom stereocenters. The van der Waals surface area contributed by atoms with E-state index in [2.05, 4.69) is 11.8 Å². The lowest BCUT2D eigenvalue weighted by molar-refractivity contribution is -0.143. The van der Waals surface area contributed by atoms with Gasteiger partial charge in [0.1, 0.15) is 6.04 Å². The van der Waals surface area contributed by atoms with Crippen LogP contribution in [-0.2, 0) is 9.53 Å². The van der Waals surface area contributed by atoms with E-state index < -0.39 is 0 Å². The third kappa shape index (κ3) is 4.97. The monoisotopic (exact) mass is 227 g/mol. The molecule has 0 spiro atoms. The van der Waals surface area contributed by atoms with Crippen LogP contribution in [0, 0.1) is 0 Å². The van der Waals surface area contributed by atoms with Crippen molar-refractivity contribution in [1.29, 1.82) is 0 Å². The van der Waals surface area contributed by atoms with E-state index in [4.69, 9.17) is 4.74 Å². The van der Waals surface area contributed by atoms with Crippen LogP contribution in [0.3, 0.4) is 0 Å². The quantitative estimate of drug-likeness (QED) is 0.344. The molecule has 0 aromatic rings. The van der Waals surface area contributed by atoms with E-state index in [1.165, 1.54) is 38.5 Å². The summed E-state index contributed by atoms with van der Waals surface area (Å²) in [5.74, 6) is -0.0338. The van der Waals surface area contributed by atoms with E-state index in [1.807, 2.05) is 6.92 Å². The molecule has 0 bridgehead atoms. The Balaban J connectivity index is 1.90. The van der Waals surface area contributed by atoms with Gasteiger partial charge in [0.15, 0.2) is 0 Å². The fourth-order valence-electron chi connectivity index (χ4n) is 1.98. The van der Waals surface area contributed by atoms with E-state index in [0.717, 1.165) is 13.1 Å². The number of nitrogens with zero attached hydrogens (tertiary/aromatic N) is 1. The molecule has 1 rings (SSSR count). The second-order valence-electron chi connectivity index (χ2n) is 4.53. The highest BCUT2D eigenvalue weighted by Crippen LogP contribution is 2.19. The predicted molar refractivity (Wildman–Crippen MR) is 65.4 cm³/mol. The first kappa shape index (κ1) is 13.5. The number of rotatable bonds is 9. The first-order chi connectivity index (χ1) is 7.79. The van der Waals surface area contributed by atoms with Crippen LogP contribution < -0.4 is 0 Å². The van der Waals surface area contributed by atoms with Crippen molar-refractivity contribution in [2.75, 3.05) is 19.7 Å². The van der Waals surface area contributed by atoms with Gasteiger partial charge in [-0.1, -0.05) is 39.0 Å². The van der Waals surface area contributed by atoms with Crippen LogP contribution in [-0.4, -0.2) is 36.6 Å². The Morgan fingerprint density at radius 2 is 1.88 bits per heavy atom. The lowest BCUT2D eigenvalue weighted by Crippen LogP contribution is -2.16. The number of carbonyl (C=O) groups is 1. The Bertz CT molecular complexity index is 206. The van der Waals surface area contributed by atoms with E-state index in [1.54, 1.807) is 0 Å². The third-order valence-electron chi connectivity index (χ3n) is 3.07. The van der Waals surface area contributed by atoms with Crippen LogP contribution >= 0.6 is 0 Å². The topological polar surface area (TPSA) is 29.3 Å². The zero-order valence-corrected chi connectivity index (χ0v) is 10.7. The van der Waals surface area contributed by atoms with Gasteiger partial charge in [-0.3, -0.25) is 9.69 Å². The molecule has 2 atom stereocenters. The molecule has 0 aromatic heterocycles. The largest absolute Gasteiger partial charge is 0.465 e. The maximum Gasteiger partial charge on any atom is 0.324 e. The molecule has 0 saturated carbocycles. The molecule has 0 radical (unpaired) electrons. The number of hydrogen-bond donors (Lipinski definition) is 0. The first-order valence-corrected chi connectivity index (χ1v) is 6.70. The number of hydrogen-bond acceptors (Lipinski definition) is 3. The van der Waals surface area contributed by atoms with E-state index in [0.29, 0.717) is 6.61 Å². The average Bonchev–Trinajstić information content (AvgIpc) is 3.03. The minimum Gasteiger partial charge on any atom is -0.465 e. The maximum absolute atomic E-state index is 11.3. The molecule has 0 amide bonds. The summed E-state index contributed by atoms with van der Waals surface area (Å²) in [4.78, 5) is 13.5. The summed E-state index contributed by atoms with van der Waals surface area (Å²) >= 11 is 0. The first-order valence-electron chi connectivity index (χ1n) is 6.70. The molecule has 1 saturated heterocycles. The minimum absolute atomic E-state index is 0.0338. The van der Waals surface area contributed by atoms with Gasteiger partial charge in [-0.25, -0.2) is 0 Å². The Hall–Kier alpha value is -0.570. The molecule has 16 heavy (non-hydrogen) atoms. The van der Waals surface area contributed by atoms with Gasteiger partial charge < -0.3 is 4.74 Å². The molecule has 1 aliphatic heterocycles. The van der Waals surface area contributed by atoms with Crippen molar-refractivity contribution in [3.05, 3.63) is 0 Å². The lowest BCUT2D eigenvalue weighted by atomic mass is 10.1. The van der Waals surface area contributed by atoms with Gasteiger partial charge in [-0.15, -0.1) is 0 Å². The smallest absolute Gasteiger partial charge is 0.324 e. The summed E-state index contributed by atoms with van der Waals surface area (Å²) in [5.41, 5.74) is 0. The molecule has 3 nitrogen and oxygen atoms in total. The average molecular weight is 227 g/mol. The van der Waals surface area contributed by atoms with Gasteiger partial charge in [0.05, 0.1) is 6.61 Å². The number of carbonyl (C=O) groups excluding carboxylic acids is 1. The van der Waals surface area contributed by atoms with Gasteiger partial charge in [0, 0.05) is 6.54 Å². The van der Waals surface area contributed by atoms with Crippen molar-refractivity contribution in [3.8, 4) is 0 Å². The standard InChI is InChI=1S/C13H25NO2/c1-3-5-6-7-8-9-10-14-11-12(14)13(15)16-4-2/h12H,3-11H2,1-2H3. The van der Waals surface area contributed by atoms with Crippen molar-refractivity contribution < 1.29 is 9.53 Å². The Kier molecular flexibility index (Phi) is 6.46. The van der Waals surface area contributed by atoms with E-state index in [-0.39, 0.29) is 12.0 Å². The Labute approximate surface area is 99.1 Å². The molecule has 0 aromatic carbocycles. The molecular weight excluding hydrogens is 202 g/mol. The number of unbranched alkanes of at least 4 members (excludes halogenated alkanes) is 5. The van der Waals surface area contributed by atoms with Crippen molar-refractivity contribution in [2.24, 2.45) is 0 Å². The summed E-state index contributed by atoms with van der Waals surface area (Å²) in [5, 5.41) is 0. The fraction of sp³-hybridized carbons (Fsp3) is 0.923. The lowest BCUT2D eigenvalue weighted by Gasteiger charge is -2.03. The van der Waals surface area contributed by atoms with Crippen molar-refractivity contribution in [3.63, 3.8) is 0 Å². The molecular formula is C13H25NO2. The van der Waals surface area contributed by atoms with Crippen molar-refractivity contribution in [1.82, 2.24) is 4.90 Å². The SMILES string of the molecule is CCCCCCCCN1CC1C(=O)OCC. The van der Waals surface area contributed by atoms with Gasteiger partial charge in [-0.05, 0) is 19.9 Å². The highest BCUT2D eigenvalue weighted by molar-refractivity contribution is 5.79. The summed E-state index contributed by atoms with van der Waals surface area (Å²) in [6, 6.07) is 0.0793. The molecule has 3 heteroatoms. The highest BCUT2D eigenvalue weighted by atomic mass is 16.5. The van der Waals surface area contributed by atoms with Gasteiger partial charge in [-0.2, -0.15) is 0 Å². The number of esters is 1. The summed E-state index contributed by atoms with van der Waals surface area (Å²) < 4.78 is 4.97. The summed E-state index contributed by atoms with van der Waals surface area (Å²) in [6.45, 7) is 6.57. The summed E-state index contributed by atoms with van der Waals surface area (Å²) in [6.07, 6.45) is 7.88. The Morgan fingerprint density at radius 1 is 1.19 bits per heavy atom. The van der Waals surface area contributed by atoms with E-state index in [9.17, 15) is 4.79 Å². The molecule has 0 aliphatic carbocycles. The second-order valence-corrected chi connectivity index (χ2v) is 4.53. The second kappa shape index (κ2) is 7.66. The molecule has 94 valence electrons. The van der Waals surface area contributed by atoms with E-state index >= 15 is 0 Å². The van der Waals surface area contributed by atoms with Crippen LogP contribution in [0.2, 0.25) is 0 Å². The zero-order chi connectivity index (χ0) is 11.8. The third-order valence-corrected chi connectivity index (χ3v) is 3.07. The molecule has 1 heterocycles. The summed E-state index contributed by atoms with van der Waals surface area (Å²) in [7, 11) is 0. The van der Waals surface area contributed by atoms with Crippen molar-refractivity contribution >= 4 is 5.97 Å². The predicted octanol–water partition coefficient (Wildman–Crippen LogP) is 2.59. The van der Waals surface area contributed by atoms with Crippen LogP contribution in [0.5, 0.6) is 0 Å². The fourth-order valence-corrected chi connectivity index (χ4v) is 1.98. The normalized spacial score (nSPS) is 23.1. The van der Waals surface area contributed by atoms with Crippen LogP contribution in [0.15, 0.2) is 0 Å². The van der Waals surface area contributed by atoms with Gasteiger partial charge in [0.25, 0.3) is 0 Å². The molecule has 0 N–H and O–H groups in total. The zero-order valence-electron chi connectivity index (χ0n) is 10.7. The minimum atomic E-state index is -0.0338. The van der Waals surface area contributed by atoms with Crippen LogP contribution in [0.25, 0.3) is 0 Å². The van der Waals surface area contributed by atoms with Crippen LogP contribution in [0.1, 0.15) is 52.4 Å². The highest BCUT2D eigenvalue weighted by Gasteiger charge is 2.40. The molecule has 1 fully saturated rings. The maximum atomic E-state index is 11.3. The van der Waals surface area contributed by atoms with Crippen molar-refractivity contribution in [2.45, 2.75) is 58.4 Å². The van der Waals surface area contributed by atoms with Crippen LogP contribution in [0.4, 0.5) is 0 Å².